The molecule has 1 aliphatic heterocycles. The molecule has 2 fully saturated rings. The predicted molar refractivity (Wildman–Crippen MR) is 70.5 cm³/mol. The van der Waals surface area contributed by atoms with Crippen LogP contribution in [0.4, 0.5) is 0 Å². The van der Waals surface area contributed by atoms with Crippen LogP contribution in [0.5, 0.6) is 0 Å². The van der Waals surface area contributed by atoms with Crippen molar-refractivity contribution in [2.75, 3.05) is 0 Å². The molecular weight excluding hydrogens is 367 g/mol. The summed E-state index contributed by atoms with van der Waals surface area (Å²) in [5.41, 5.74) is 0. The highest BCUT2D eigenvalue weighted by Gasteiger charge is 2.86. The van der Waals surface area contributed by atoms with E-state index < -0.39 is 37.7 Å². The minimum atomic E-state index is -1.85. The molecule has 2 amide bonds. The average molecular weight is 370 g/mol. The van der Waals surface area contributed by atoms with Gasteiger partial charge < -0.3 is 0 Å². The summed E-state index contributed by atoms with van der Waals surface area (Å²) in [6, 6.07) is 0. The van der Waals surface area contributed by atoms with Crippen molar-refractivity contribution in [1.29, 1.82) is 0 Å². The summed E-state index contributed by atoms with van der Waals surface area (Å²) in [7, 11) is 0. The lowest BCUT2D eigenvalue weighted by molar-refractivity contribution is -0.126. The maximum atomic E-state index is 11.8. The number of halogens is 6. The van der Waals surface area contributed by atoms with Crippen molar-refractivity contribution in [3.63, 3.8) is 0 Å². The Bertz CT molecular complexity index is 501. The van der Waals surface area contributed by atoms with Crippen LogP contribution in [0.3, 0.4) is 0 Å². The van der Waals surface area contributed by atoms with E-state index in [1.54, 1.807) is 0 Å². The zero-order chi connectivity index (χ0) is 13.7. The molecule has 3 aliphatic rings. The van der Waals surface area contributed by atoms with E-state index in [0.29, 0.717) is 0 Å². The lowest BCUT2D eigenvalue weighted by Gasteiger charge is -2.33. The number of imide groups is 1. The van der Waals surface area contributed by atoms with Crippen LogP contribution in [-0.2, 0) is 9.59 Å². The number of allylic oxidation sites excluding steroid dienone is 2. The van der Waals surface area contributed by atoms with Gasteiger partial charge in [0.2, 0.25) is 11.8 Å². The summed E-state index contributed by atoms with van der Waals surface area (Å²) >= 11 is 37.1. The van der Waals surface area contributed by atoms with Gasteiger partial charge in [0, 0.05) is 0 Å². The van der Waals surface area contributed by atoms with Gasteiger partial charge in [0.25, 0.3) is 0 Å². The van der Waals surface area contributed by atoms with E-state index in [2.05, 4.69) is 5.32 Å². The van der Waals surface area contributed by atoms with Crippen LogP contribution in [0, 0.1) is 11.8 Å². The van der Waals surface area contributed by atoms with Gasteiger partial charge in [-0.3, -0.25) is 14.9 Å². The standard InChI is InChI=1S/C9H3Cl6NO2/c10-3-4(11)8(13)2-1(5(17)16-6(2)18)7(3,12)9(8,14)15/h1-2H,(H,16,17,18)/t1-,2+,7-,8-/m1/s1. The van der Waals surface area contributed by atoms with Crippen LogP contribution in [0.2, 0.25) is 0 Å². The summed E-state index contributed by atoms with van der Waals surface area (Å²) in [5, 5.41) is 1.97. The van der Waals surface area contributed by atoms with E-state index in [9.17, 15) is 9.59 Å². The first-order chi connectivity index (χ1) is 8.11. The molecule has 0 spiro atoms. The molecule has 3 nitrogen and oxygen atoms in total. The minimum Gasteiger partial charge on any atom is -0.296 e. The first kappa shape index (κ1) is 13.6. The summed E-state index contributed by atoms with van der Waals surface area (Å²) < 4.78 is -1.85. The predicted octanol–water partition coefficient (Wildman–Crippen LogP) is 2.72. The van der Waals surface area contributed by atoms with E-state index in [1.165, 1.54) is 0 Å². The van der Waals surface area contributed by atoms with Crippen molar-refractivity contribution >= 4 is 81.4 Å². The number of hydrogen-bond acceptors (Lipinski definition) is 2. The molecule has 0 aromatic rings. The maximum absolute atomic E-state index is 11.8. The Labute approximate surface area is 132 Å². The van der Waals surface area contributed by atoms with Crippen molar-refractivity contribution in [2.45, 2.75) is 14.1 Å². The lowest BCUT2D eigenvalue weighted by Crippen LogP contribution is -2.49. The molecule has 98 valence electrons. The molecule has 0 aromatic heterocycles. The smallest absolute Gasteiger partial charge is 0.232 e. The first-order valence-electron chi connectivity index (χ1n) is 4.78. The maximum Gasteiger partial charge on any atom is 0.232 e. The molecule has 18 heavy (non-hydrogen) atoms. The van der Waals surface area contributed by atoms with Gasteiger partial charge >= 0.3 is 0 Å². The van der Waals surface area contributed by atoms with E-state index in [4.69, 9.17) is 69.6 Å². The summed E-state index contributed by atoms with van der Waals surface area (Å²) in [5.74, 6) is -3.27. The SMILES string of the molecule is O=C1NC(=O)[C@H]2[C@@H]1[C@@]1(Cl)C(Cl)=C(Cl)[C@@]2(Cl)C1(Cl)Cl. The summed E-state index contributed by atoms with van der Waals surface area (Å²) in [6.07, 6.45) is 0. The lowest BCUT2D eigenvalue weighted by atomic mass is 9.84. The number of amides is 2. The van der Waals surface area contributed by atoms with Crippen molar-refractivity contribution in [2.24, 2.45) is 11.8 Å². The normalized spacial score (nSPS) is 48.8. The van der Waals surface area contributed by atoms with Crippen LogP contribution in [0.25, 0.3) is 0 Å². The number of rotatable bonds is 0. The van der Waals surface area contributed by atoms with Gasteiger partial charge in [0.15, 0.2) is 4.33 Å². The Balaban J connectivity index is 2.37. The van der Waals surface area contributed by atoms with Crippen LogP contribution in [0.1, 0.15) is 0 Å². The Morgan fingerprint density at radius 3 is 1.50 bits per heavy atom. The summed E-state index contributed by atoms with van der Waals surface area (Å²) in [6.45, 7) is 0. The Hall–Kier alpha value is 0.620. The Kier molecular flexibility index (Phi) is 2.60. The number of fused-ring (bicyclic) bond motifs is 5. The molecule has 2 bridgehead atoms. The monoisotopic (exact) mass is 367 g/mol. The minimum absolute atomic E-state index is 0.0862. The fourth-order valence-corrected chi connectivity index (χ4v) is 5.86. The van der Waals surface area contributed by atoms with E-state index >= 15 is 0 Å². The van der Waals surface area contributed by atoms with Gasteiger partial charge in [-0.25, -0.2) is 0 Å². The molecule has 2 aliphatic carbocycles. The zero-order valence-electron chi connectivity index (χ0n) is 8.24. The molecule has 4 atom stereocenters. The van der Waals surface area contributed by atoms with Crippen molar-refractivity contribution < 1.29 is 9.59 Å². The van der Waals surface area contributed by atoms with E-state index in [-0.39, 0.29) is 10.1 Å². The van der Waals surface area contributed by atoms with E-state index in [0.717, 1.165) is 0 Å². The molecule has 1 saturated carbocycles. The van der Waals surface area contributed by atoms with Crippen molar-refractivity contribution in [3.8, 4) is 0 Å². The van der Waals surface area contributed by atoms with Crippen LogP contribution in [-0.4, -0.2) is 25.9 Å². The highest BCUT2D eigenvalue weighted by molar-refractivity contribution is 6.66. The van der Waals surface area contributed by atoms with Crippen LogP contribution < -0.4 is 5.32 Å². The number of carbonyl (C=O) groups excluding carboxylic acids is 2. The largest absolute Gasteiger partial charge is 0.296 e. The van der Waals surface area contributed by atoms with E-state index in [1.807, 2.05) is 0 Å². The second-order valence-electron chi connectivity index (χ2n) is 4.43. The van der Waals surface area contributed by atoms with Gasteiger partial charge in [0.05, 0.1) is 21.9 Å². The third kappa shape index (κ3) is 1.03. The molecule has 3 rings (SSSR count). The third-order valence-corrected chi connectivity index (χ3v) is 8.01. The first-order valence-corrected chi connectivity index (χ1v) is 7.05. The van der Waals surface area contributed by atoms with Crippen LogP contribution >= 0.6 is 69.6 Å². The van der Waals surface area contributed by atoms with Crippen molar-refractivity contribution in [1.82, 2.24) is 5.32 Å². The third-order valence-electron chi connectivity index (χ3n) is 3.75. The molecule has 0 radical (unpaired) electrons. The number of nitrogens with one attached hydrogen (secondary N) is 1. The second kappa shape index (κ2) is 3.44. The van der Waals surface area contributed by atoms with Gasteiger partial charge in [-0.15, -0.1) is 23.2 Å². The molecule has 1 saturated heterocycles. The number of hydrogen-bond donors (Lipinski definition) is 1. The van der Waals surface area contributed by atoms with Crippen LogP contribution in [0.15, 0.2) is 10.1 Å². The molecule has 0 aromatic carbocycles. The molecule has 1 heterocycles. The second-order valence-corrected chi connectivity index (χ2v) is 7.71. The fourth-order valence-electron chi connectivity index (χ4n) is 2.92. The molecule has 9 heteroatoms. The van der Waals surface area contributed by atoms with Gasteiger partial charge in [-0.1, -0.05) is 46.4 Å². The zero-order valence-corrected chi connectivity index (χ0v) is 12.8. The van der Waals surface area contributed by atoms with Gasteiger partial charge in [-0.05, 0) is 0 Å². The molecule has 1 N–H and O–H groups in total. The van der Waals surface area contributed by atoms with Crippen molar-refractivity contribution in [3.05, 3.63) is 10.1 Å². The fraction of sp³-hybridized carbons (Fsp3) is 0.556. The topological polar surface area (TPSA) is 46.2 Å². The molecule has 0 unspecified atom stereocenters. The Morgan fingerprint density at radius 2 is 1.17 bits per heavy atom. The highest BCUT2D eigenvalue weighted by Crippen LogP contribution is 2.76. The average Bonchev–Trinajstić information content (AvgIpc) is 2.68. The quantitative estimate of drug-likeness (QED) is 0.527. The number of carbonyl (C=O) groups is 2. The highest BCUT2D eigenvalue weighted by atomic mass is 35.5. The summed E-state index contributed by atoms with van der Waals surface area (Å²) in [4.78, 5) is 20.3. The van der Waals surface area contributed by atoms with Gasteiger partial charge in [-0.2, -0.15) is 0 Å². The molecular formula is C9H3Cl6NO2. The van der Waals surface area contributed by atoms with Gasteiger partial charge in [0.1, 0.15) is 9.75 Å². The Morgan fingerprint density at radius 1 is 0.833 bits per heavy atom. The number of alkyl halides is 4.